The first-order chi connectivity index (χ1) is 7.75. The van der Waals surface area contributed by atoms with E-state index in [9.17, 15) is 0 Å². The molecular weight excluding hydrogens is 198 g/mol. The van der Waals surface area contributed by atoms with E-state index in [0.717, 1.165) is 24.5 Å². The number of hydrogen-bond donors (Lipinski definition) is 1. The van der Waals surface area contributed by atoms with Crippen LogP contribution < -0.4 is 10.6 Å². The zero-order valence-corrected chi connectivity index (χ0v) is 9.76. The number of aromatic nitrogens is 1. The van der Waals surface area contributed by atoms with Crippen LogP contribution in [0.25, 0.3) is 6.08 Å². The Bertz CT molecular complexity index is 348. The van der Waals surface area contributed by atoms with Crippen LogP contribution in [-0.4, -0.2) is 24.1 Å². The Morgan fingerprint density at radius 2 is 2.12 bits per heavy atom. The van der Waals surface area contributed by atoms with Gasteiger partial charge in [0.15, 0.2) is 0 Å². The molecule has 1 unspecified atom stereocenters. The molecule has 2 heterocycles. The molecule has 0 aliphatic carbocycles. The SMILES string of the molecule is CC(N)/C=C/c1ccc(N2CCCC2)nc1. The molecule has 2 N–H and O–H groups in total. The maximum Gasteiger partial charge on any atom is 0.128 e. The van der Waals surface area contributed by atoms with Gasteiger partial charge in [-0.3, -0.25) is 0 Å². The molecule has 0 radical (unpaired) electrons. The van der Waals surface area contributed by atoms with E-state index < -0.39 is 0 Å². The number of hydrogen-bond acceptors (Lipinski definition) is 3. The third-order valence-corrected chi connectivity index (χ3v) is 2.79. The molecule has 0 spiro atoms. The lowest BCUT2D eigenvalue weighted by Gasteiger charge is -2.15. The van der Waals surface area contributed by atoms with Crippen molar-refractivity contribution in [1.29, 1.82) is 0 Å². The monoisotopic (exact) mass is 217 g/mol. The average molecular weight is 217 g/mol. The zero-order chi connectivity index (χ0) is 11.4. The smallest absolute Gasteiger partial charge is 0.128 e. The van der Waals surface area contributed by atoms with Gasteiger partial charge in [-0.1, -0.05) is 12.2 Å². The second-order valence-electron chi connectivity index (χ2n) is 4.36. The fraction of sp³-hybridized carbons (Fsp3) is 0.462. The molecule has 0 saturated carbocycles. The molecule has 0 amide bonds. The summed E-state index contributed by atoms with van der Waals surface area (Å²) in [6.07, 6.45) is 8.48. The van der Waals surface area contributed by atoms with Crippen molar-refractivity contribution in [3.05, 3.63) is 30.0 Å². The van der Waals surface area contributed by atoms with Crippen LogP contribution in [-0.2, 0) is 0 Å². The number of anilines is 1. The minimum atomic E-state index is 0.0956. The second kappa shape index (κ2) is 5.12. The van der Waals surface area contributed by atoms with Gasteiger partial charge < -0.3 is 10.6 Å². The number of rotatable bonds is 3. The quantitative estimate of drug-likeness (QED) is 0.842. The van der Waals surface area contributed by atoms with E-state index in [1.54, 1.807) is 0 Å². The highest BCUT2D eigenvalue weighted by atomic mass is 15.2. The van der Waals surface area contributed by atoms with Crippen LogP contribution >= 0.6 is 0 Å². The Labute approximate surface area is 97.0 Å². The van der Waals surface area contributed by atoms with Gasteiger partial charge in [0.05, 0.1) is 0 Å². The highest BCUT2D eigenvalue weighted by Crippen LogP contribution is 2.17. The largest absolute Gasteiger partial charge is 0.357 e. The van der Waals surface area contributed by atoms with E-state index in [1.807, 2.05) is 25.3 Å². The highest BCUT2D eigenvalue weighted by Gasteiger charge is 2.12. The number of pyridine rings is 1. The fourth-order valence-electron chi connectivity index (χ4n) is 1.89. The van der Waals surface area contributed by atoms with Gasteiger partial charge in [-0.15, -0.1) is 0 Å². The second-order valence-corrected chi connectivity index (χ2v) is 4.36. The third kappa shape index (κ3) is 2.83. The molecule has 1 aromatic heterocycles. The van der Waals surface area contributed by atoms with Gasteiger partial charge in [0.2, 0.25) is 0 Å². The predicted octanol–water partition coefficient (Wildman–Crippen LogP) is 2.04. The average Bonchev–Trinajstić information content (AvgIpc) is 2.80. The van der Waals surface area contributed by atoms with Crippen LogP contribution in [0.2, 0.25) is 0 Å². The van der Waals surface area contributed by atoms with Crippen molar-refractivity contribution in [3.8, 4) is 0 Å². The van der Waals surface area contributed by atoms with Gasteiger partial charge in [0.25, 0.3) is 0 Å². The summed E-state index contributed by atoms with van der Waals surface area (Å²) in [5.41, 5.74) is 6.77. The lowest BCUT2D eigenvalue weighted by molar-refractivity contribution is 0.929. The van der Waals surface area contributed by atoms with E-state index in [4.69, 9.17) is 5.73 Å². The summed E-state index contributed by atoms with van der Waals surface area (Å²) < 4.78 is 0. The van der Waals surface area contributed by atoms with Crippen LogP contribution in [0.5, 0.6) is 0 Å². The number of nitrogens with zero attached hydrogens (tertiary/aromatic N) is 2. The predicted molar refractivity (Wildman–Crippen MR) is 68.4 cm³/mol. The van der Waals surface area contributed by atoms with Crippen molar-refractivity contribution in [2.24, 2.45) is 5.73 Å². The maximum atomic E-state index is 5.65. The highest BCUT2D eigenvalue weighted by molar-refractivity contribution is 5.52. The molecule has 3 nitrogen and oxygen atoms in total. The molecule has 0 bridgehead atoms. The summed E-state index contributed by atoms with van der Waals surface area (Å²) >= 11 is 0. The van der Waals surface area contributed by atoms with Gasteiger partial charge in [-0.25, -0.2) is 4.98 Å². The van der Waals surface area contributed by atoms with Gasteiger partial charge in [0.1, 0.15) is 5.82 Å². The number of nitrogens with two attached hydrogens (primary N) is 1. The van der Waals surface area contributed by atoms with Gasteiger partial charge in [-0.2, -0.15) is 0 Å². The first-order valence-electron chi connectivity index (χ1n) is 5.90. The van der Waals surface area contributed by atoms with E-state index in [1.165, 1.54) is 12.8 Å². The molecule has 1 aliphatic heterocycles. The Morgan fingerprint density at radius 3 is 2.69 bits per heavy atom. The van der Waals surface area contributed by atoms with E-state index in [-0.39, 0.29) is 6.04 Å². The van der Waals surface area contributed by atoms with Crippen molar-refractivity contribution < 1.29 is 0 Å². The summed E-state index contributed by atoms with van der Waals surface area (Å²) in [6, 6.07) is 4.28. The van der Waals surface area contributed by atoms with Crippen molar-refractivity contribution in [2.45, 2.75) is 25.8 Å². The topological polar surface area (TPSA) is 42.1 Å². The summed E-state index contributed by atoms with van der Waals surface area (Å²) in [5, 5.41) is 0. The molecule has 16 heavy (non-hydrogen) atoms. The Morgan fingerprint density at radius 1 is 1.38 bits per heavy atom. The third-order valence-electron chi connectivity index (χ3n) is 2.79. The Hall–Kier alpha value is -1.35. The first kappa shape index (κ1) is 11.1. The first-order valence-corrected chi connectivity index (χ1v) is 5.90. The van der Waals surface area contributed by atoms with Crippen molar-refractivity contribution in [2.75, 3.05) is 18.0 Å². The Balaban J connectivity index is 2.04. The van der Waals surface area contributed by atoms with Crippen LogP contribution in [0, 0.1) is 0 Å². The molecule has 1 aromatic rings. The zero-order valence-electron chi connectivity index (χ0n) is 9.76. The summed E-state index contributed by atoms with van der Waals surface area (Å²) in [5.74, 6) is 1.09. The fourth-order valence-corrected chi connectivity index (χ4v) is 1.89. The van der Waals surface area contributed by atoms with Crippen LogP contribution in [0.1, 0.15) is 25.3 Å². The molecule has 3 heteroatoms. The molecule has 1 aliphatic rings. The standard InChI is InChI=1S/C13H19N3/c1-11(14)4-5-12-6-7-13(15-10-12)16-8-2-3-9-16/h4-7,10-11H,2-3,8-9,14H2,1H3/b5-4+. The molecule has 2 rings (SSSR count). The van der Waals surface area contributed by atoms with Crippen molar-refractivity contribution >= 4 is 11.9 Å². The normalized spacial score (nSPS) is 18.2. The minimum Gasteiger partial charge on any atom is -0.357 e. The summed E-state index contributed by atoms with van der Waals surface area (Å²) in [7, 11) is 0. The molecule has 1 atom stereocenters. The lowest BCUT2D eigenvalue weighted by Crippen LogP contribution is -2.18. The van der Waals surface area contributed by atoms with Crippen molar-refractivity contribution in [3.63, 3.8) is 0 Å². The van der Waals surface area contributed by atoms with Crippen LogP contribution in [0.4, 0.5) is 5.82 Å². The van der Waals surface area contributed by atoms with E-state index >= 15 is 0 Å². The molecule has 86 valence electrons. The van der Waals surface area contributed by atoms with Gasteiger partial charge >= 0.3 is 0 Å². The minimum absolute atomic E-state index is 0.0956. The summed E-state index contributed by atoms with van der Waals surface area (Å²) in [6.45, 7) is 4.24. The van der Waals surface area contributed by atoms with Crippen LogP contribution in [0.3, 0.4) is 0 Å². The van der Waals surface area contributed by atoms with Crippen molar-refractivity contribution in [1.82, 2.24) is 4.98 Å². The molecular formula is C13H19N3. The van der Waals surface area contributed by atoms with E-state index in [0.29, 0.717) is 0 Å². The Kier molecular flexibility index (Phi) is 3.57. The molecule has 0 aromatic carbocycles. The van der Waals surface area contributed by atoms with Crippen LogP contribution in [0.15, 0.2) is 24.4 Å². The molecule has 1 fully saturated rings. The van der Waals surface area contributed by atoms with Gasteiger partial charge in [-0.05, 0) is 37.5 Å². The summed E-state index contributed by atoms with van der Waals surface area (Å²) in [4.78, 5) is 6.80. The maximum absolute atomic E-state index is 5.65. The van der Waals surface area contributed by atoms with E-state index in [2.05, 4.69) is 22.0 Å². The lowest BCUT2D eigenvalue weighted by atomic mass is 10.2. The molecule has 1 saturated heterocycles. The van der Waals surface area contributed by atoms with Gasteiger partial charge in [0, 0.05) is 25.3 Å².